The van der Waals surface area contributed by atoms with Gasteiger partial charge >= 0.3 is 0 Å². The van der Waals surface area contributed by atoms with Crippen molar-refractivity contribution >= 4 is 44.5 Å². The molecule has 0 saturated heterocycles. The fourth-order valence-electron chi connectivity index (χ4n) is 1.39. The molecule has 2 aromatic heterocycles. The Bertz CT molecular complexity index is 525. The average Bonchev–Trinajstić information content (AvgIpc) is 2.83. The summed E-state index contributed by atoms with van der Waals surface area (Å²) in [6.45, 7) is 4.64. The van der Waals surface area contributed by atoms with Gasteiger partial charge in [0, 0.05) is 11.4 Å². The van der Waals surface area contributed by atoms with E-state index in [-0.39, 0.29) is 5.91 Å². The van der Waals surface area contributed by atoms with E-state index in [1.165, 1.54) is 10.4 Å². The molecule has 2 nitrogen and oxygen atoms in total. The van der Waals surface area contributed by atoms with Crippen LogP contribution in [0.1, 0.15) is 25.7 Å². The zero-order chi connectivity index (χ0) is 12.4. The summed E-state index contributed by atoms with van der Waals surface area (Å²) < 4.78 is 1.09. The first-order valence-electron chi connectivity index (χ1n) is 5.14. The number of aryl methyl sites for hydroxylation is 2. The molecule has 2 heterocycles. The van der Waals surface area contributed by atoms with E-state index in [0.717, 1.165) is 14.2 Å². The van der Waals surface area contributed by atoms with Gasteiger partial charge in [0.05, 0.1) is 8.66 Å². The van der Waals surface area contributed by atoms with Crippen LogP contribution in [0.5, 0.6) is 0 Å². The van der Waals surface area contributed by atoms with Gasteiger partial charge < -0.3 is 5.32 Å². The maximum absolute atomic E-state index is 11.9. The molecule has 2 rings (SSSR count). The number of hydrogen-bond acceptors (Lipinski definition) is 3. The van der Waals surface area contributed by atoms with Crippen LogP contribution in [0.3, 0.4) is 0 Å². The molecule has 1 amide bonds. The van der Waals surface area contributed by atoms with Crippen LogP contribution in [-0.2, 0) is 6.54 Å². The van der Waals surface area contributed by atoms with Gasteiger partial charge in [0.15, 0.2) is 0 Å². The highest BCUT2D eigenvalue weighted by Crippen LogP contribution is 2.22. The Balaban J connectivity index is 1.98. The van der Waals surface area contributed by atoms with E-state index in [2.05, 4.69) is 21.2 Å². The van der Waals surface area contributed by atoms with Crippen molar-refractivity contribution in [2.24, 2.45) is 0 Å². The lowest BCUT2D eigenvalue weighted by Gasteiger charge is -2.00. The zero-order valence-corrected chi connectivity index (χ0v) is 12.8. The number of halogens is 1. The van der Waals surface area contributed by atoms with E-state index in [1.54, 1.807) is 22.7 Å². The minimum absolute atomic E-state index is 0.00789. The summed E-state index contributed by atoms with van der Waals surface area (Å²) in [6.07, 6.45) is 0. The normalized spacial score (nSPS) is 10.5. The summed E-state index contributed by atoms with van der Waals surface area (Å²) >= 11 is 6.58. The van der Waals surface area contributed by atoms with Crippen LogP contribution in [0.4, 0.5) is 0 Å². The first kappa shape index (κ1) is 12.8. The third-order valence-electron chi connectivity index (χ3n) is 2.46. The smallest absolute Gasteiger partial charge is 0.261 e. The van der Waals surface area contributed by atoms with E-state index in [1.807, 2.05) is 31.4 Å². The van der Waals surface area contributed by atoms with Crippen molar-refractivity contribution in [2.45, 2.75) is 20.4 Å². The van der Waals surface area contributed by atoms with E-state index in [4.69, 9.17) is 0 Å². The molecule has 0 fully saturated rings. The topological polar surface area (TPSA) is 29.1 Å². The molecule has 0 aliphatic carbocycles. The van der Waals surface area contributed by atoms with Crippen LogP contribution in [0.15, 0.2) is 21.3 Å². The Morgan fingerprint density at radius 1 is 1.41 bits per heavy atom. The summed E-state index contributed by atoms with van der Waals surface area (Å²) in [5, 5.41) is 4.96. The second-order valence-corrected chi connectivity index (χ2v) is 7.34. The van der Waals surface area contributed by atoms with Crippen molar-refractivity contribution in [3.8, 4) is 0 Å². The Hall–Kier alpha value is -0.650. The van der Waals surface area contributed by atoms with Gasteiger partial charge in [-0.1, -0.05) is 0 Å². The summed E-state index contributed by atoms with van der Waals surface area (Å²) in [5.74, 6) is 0.00789. The predicted octanol–water partition coefficient (Wildman–Crippen LogP) is 4.12. The predicted molar refractivity (Wildman–Crippen MR) is 77.0 cm³/mol. The van der Waals surface area contributed by atoms with Gasteiger partial charge in [0.2, 0.25) is 0 Å². The van der Waals surface area contributed by atoms with Crippen LogP contribution in [0.25, 0.3) is 0 Å². The number of thiophene rings is 2. The van der Waals surface area contributed by atoms with E-state index in [0.29, 0.717) is 6.54 Å². The Kier molecular flexibility index (Phi) is 4.01. The lowest BCUT2D eigenvalue weighted by molar-refractivity contribution is 0.0955. The van der Waals surface area contributed by atoms with Gasteiger partial charge in [-0.25, -0.2) is 0 Å². The van der Waals surface area contributed by atoms with E-state index >= 15 is 0 Å². The van der Waals surface area contributed by atoms with E-state index in [9.17, 15) is 4.79 Å². The van der Waals surface area contributed by atoms with Gasteiger partial charge in [-0.05, 0) is 58.4 Å². The summed E-state index contributed by atoms with van der Waals surface area (Å²) in [6, 6.07) is 3.97. The third kappa shape index (κ3) is 3.18. The Labute approximate surface area is 117 Å². The quantitative estimate of drug-likeness (QED) is 0.901. The fourth-order valence-corrected chi connectivity index (χ4v) is 3.55. The van der Waals surface area contributed by atoms with Crippen molar-refractivity contribution in [3.05, 3.63) is 42.2 Å². The lowest BCUT2D eigenvalue weighted by atomic mass is 10.3. The molecule has 5 heteroatoms. The standard InChI is InChI=1S/C12H12BrNOS2/c1-7-3-10(17-8(7)2)12(15)14-5-9-4-11(13)16-6-9/h3-4,6H,5H2,1-2H3,(H,14,15). The molecule has 0 saturated carbocycles. The molecule has 0 bridgehead atoms. The molecule has 0 aliphatic heterocycles. The van der Waals surface area contributed by atoms with E-state index < -0.39 is 0 Å². The SMILES string of the molecule is Cc1cc(C(=O)NCc2csc(Br)c2)sc1C. The van der Waals surface area contributed by atoms with Crippen LogP contribution in [0, 0.1) is 13.8 Å². The Morgan fingerprint density at radius 2 is 2.18 bits per heavy atom. The second-order valence-electron chi connectivity index (χ2n) is 3.79. The number of rotatable bonds is 3. The van der Waals surface area contributed by atoms with Gasteiger partial charge in [0.25, 0.3) is 5.91 Å². The van der Waals surface area contributed by atoms with Crippen LogP contribution in [0.2, 0.25) is 0 Å². The highest BCUT2D eigenvalue weighted by molar-refractivity contribution is 9.11. The van der Waals surface area contributed by atoms with Gasteiger partial charge in [-0.2, -0.15) is 0 Å². The molecule has 90 valence electrons. The van der Waals surface area contributed by atoms with Gasteiger partial charge in [-0.3, -0.25) is 4.79 Å². The second kappa shape index (κ2) is 5.33. The Morgan fingerprint density at radius 3 is 2.71 bits per heavy atom. The zero-order valence-electron chi connectivity index (χ0n) is 9.54. The maximum Gasteiger partial charge on any atom is 0.261 e. The van der Waals surface area contributed by atoms with Gasteiger partial charge in [0.1, 0.15) is 0 Å². The van der Waals surface area contributed by atoms with Gasteiger partial charge in [-0.15, -0.1) is 22.7 Å². The minimum Gasteiger partial charge on any atom is -0.347 e. The number of amides is 1. The minimum atomic E-state index is 0.00789. The highest BCUT2D eigenvalue weighted by atomic mass is 79.9. The third-order valence-corrected chi connectivity index (χ3v) is 5.17. The number of carbonyl (C=O) groups excluding carboxylic acids is 1. The maximum atomic E-state index is 11.9. The summed E-state index contributed by atoms with van der Waals surface area (Å²) in [5.41, 5.74) is 2.30. The largest absolute Gasteiger partial charge is 0.347 e. The van der Waals surface area contributed by atoms with Crippen LogP contribution >= 0.6 is 38.6 Å². The molecule has 0 aromatic carbocycles. The van der Waals surface area contributed by atoms with Crippen molar-refractivity contribution in [2.75, 3.05) is 0 Å². The van der Waals surface area contributed by atoms with Crippen molar-refractivity contribution < 1.29 is 4.79 Å². The molecular formula is C12H12BrNOS2. The molecule has 0 spiro atoms. The molecule has 0 unspecified atom stereocenters. The van der Waals surface area contributed by atoms with Crippen molar-refractivity contribution in [1.29, 1.82) is 0 Å². The first-order chi connectivity index (χ1) is 8.06. The number of carbonyl (C=O) groups is 1. The monoisotopic (exact) mass is 329 g/mol. The molecule has 0 atom stereocenters. The molecule has 0 aliphatic rings. The average molecular weight is 330 g/mol. The molecule has 1 N–H and O–H groups in total. The highest BCUT2D eigenvalue weighted by Gasteiger charge is 2.10. The van der Waals surface area contributed by atoms with Crippen molar-refractivity contribution in [3.63, 3.8) is 0 Å². The molecule has 17 heavy (non-hydrogen) atoms. The molecule has 0 radical (unpaired) electrons. The number of nitrogens with one attached hydrogen (secondary N) is 1. The number of hydrogen-bond donors (Lipinski definition) is 1. The first-order valence-corrected chi connectivity index (χ1v) is 7.63. The summed E-state index contributed by atoms with van der Waals surface area (Å²) in [4.78, 5) is 13.9. The van der Waals surface area contributed by atoms with Crippen LogP contribution in [-0.4, -0.2) is 5.91 Å². The van der Waals surface area contributed by atoms with Crippen molar-refractivity contribution in [1.82, 2.24) is 5.32 Å². The fraction of sp³-hybridized carbons (Fsp3) is 0.250. The van der Waals surface area contributed by atoms with Crippen LogP contribution < -0.4 is 5.32 Å². The summed E-state index contributed by atoms with van der Waals surface area (Å²) in [7, 11) is 0. The molecular weight excluding hydrogens is 318 g/mol. The lowest BCUT2D eigenvalue weighted by Crippen LogP contribution is -2.21. The molecule has 2 aromatic rings.